The lowest BCUT2D eigenvalue weighted by Crippen LogP contribution is -2.29. The minimum atomic E-state index is -0.772. The number of aromatic nitrogens is 2. The summed E-state index contributed by atoms with van der Waals surface area (Å²) in [5.74, 6) is -0.658. The van der Waals surface area contributed by atoms with Gasteiger partial charge in [-0.2, -0.15) is 0 Å². The number of ether oxygens (including phenoxy) is 2. The monoisotopic (exact) mass is 429 g/mol. The number of benzene rings is 1. The second-order valence-electron chi connectivity index (χ2n) is 7.43. The van der Waals surface area contributed by atoms with Crippen molar-refractivity contribution < 1.29 is 24.2 Å². The maximum Gasteiger partial charge on any atom is 0.295 e. The molecule has 1 fully saturated rings. The highest BCUT2D eigenvalue weighted by Gasteiger charge is 2.46. The first-order chi connectivity index (χ1) is 15.6. The van der Waals surface area contributed by atoms with Gasteiger partial charge in [-0.1, -0.05) is 6.07 Å². The van der Waals surface area contributed by atoms with Crippen LogP contribution in [0, 0.1) is 0 Å². The Morgan fingerprint density at radius 1 is 1.00 bits per heavy atom. The van der Waals surface area contributed by atoms with Crippen molar-refractivity contribution in [3.8, 4) is 11.5 Å². The fourth-order valence-corrected chi connectivity index (χ4v) is 3.97. The lowest BCUT2D eigenvalue weighted by Gasteiger charge is -2.25. The van der Waals surface area contributed by atoms with Crippen molar-refractivity contribution in [1.29, 1.82) is 0 Å². The lowest BCUT2D eigenvalue weighted by atomic mass is 9.95. The molecule has 2 aromatic heterocycles. The Labute approximate surface area is 183 Å². The second-order valence-corrected chi connectivity index (χ2v) is 7.43. The summed E-state index contributed by atoms with van der Waals surface area (Å²) in [5, 5.41) is 11.2. The third-order valence-corrected chi connectivity index (χ3v) is 5.45. The van der Waals surface area contributed by atoms with Gasteiger partial charge in [0, 0.05) is 36.9 Å². The Balaban J connectivity index is 1.62. The number of likely N-dealkylation sites (tertiary alicyclic amines) is 1. The predicted octanol–water partition coefficient (Wildman–Crippen LogP) is 2.87. The summed E-state index contributed by atoms with van der Waals surface area (Å²) < 4.78 is 11.1. The van der Waals surface area contributed by atoms with Crippen LogP contribution in [0.2, 0.25) is 0 Å². The molecule has 0 bridgehead atoms. The van der Waals surface area contributed by atoms with E-state index in [4.69, 9.17) is 9.47 Å². The van der Waals surface area contributed by atoms with E-state index < -0.39 is 17.7 Å². The summed E-state index contributed by atoms with van der Waals surface area (Å²) >= 11 is 0. The number of carbonyl (C=O) groups is 2. The van der Waals surface area contributed by atoms with Crippen LogP contribution in [0.1, 0.15) is 22.7 Å². The van der Waals surface area contributed by atoms with Crippen LogP contribution in [0.5, 0.6) is 11.5 Å². The van der Waals surface area contributed by atoms with Gasteiger partial charge in [0.05, 0.1) is 11.6 Å². The van der Waals surface area contributed by atoms with Gasteiger partial charge in [0.25, 0.3) is 11.7 Å². The fraction of sp³-hybridized carbons (Fsp3) is 0.167. The first-order valence-electron chi connectivity index (χ1n) is 10.1. The molecule has 1 atom stereocenters. The molecule has 0 radical (unpaired) electrons. The van der Waals surface area contributed by atoms with E-state index in [9.17, 15) is 14.7 Å². The molecular weight excluding hydrogens is 410 g/mol. The Kier molecular flexibility index (Phi) is 5.03. The number of hydrogen-bond donors (Lipinski definition) is 1. The molecule has 0 spiro atoms. The van der Waals surface area contributed by atoms with Crippen molar-refractivity contribution in [2.75, 3.05) is 13.2 Å². The first-order valence-corrected chi connectivity index (χ1v) is 10.1. The van der Waals surface area contributed by atoms with Crippen LogP contribution in [0.15, 0.2) is 72.8 Å². The topological polar surface area (TPSA) is 102 Å². The fourth-order valence-electron chi connectivity index (χ4n) is 3.97. The van der Waals surface area contributed by atoms with Crippen LogP contribution >= 0.6 is 0 Å². The largest absolute Gasteiger partial charge is 0.507 e. The molecule has 32 heavy (non-hydrogen) atoms. The zero-order valence-electron chi connectivity index (χ0n) is 17.0. The van der Waals surface area contributed by atoms with E-state index in [1.54, 1.807) is 61.2 Å². The van der Waals surface area contributed by atoms with Crippen molar-refractivity contribution in [1.82, 2.24) is 14.9 Å². The van der Waals surface area contributed by atoms with E-state index in [0.717, 1.165) is 5.56 Å². The van der Waals surface area contributed by atoms with Gasteiger partial charge in [-0.25, -0.2) is 0 Å². The third kappa shape index (κ3) is 3.45. The van der Waals surface area contributed by atoms with Crippen molar-refractivity contribution in [2.24, 2.45) is 0 Å². The third-order valence-electron chi connectivity index (χ3n) is 5.45. The van der Waals surface area contributed by atoms with Crippen LogP contribution < -0.4 is 9.47 Å². The van der Waals surface area contributed by atoms with Crippen LogP contribution in [0.3, 0.4) is 0 Å². The van der Waals surface area contributed by atoms with E-state index >= 15 is 0 Å². The second kappa shape index (κ2) is 8.14. The Morgan fingerprint density at radius 3 is 2.53 bits per heavy atom. The Bertz CT molecular complexity index is 1210. The van der Waals surface area contributed by atoms with E-state index in [-0.39, 0.29) is 17.9 Å². The lowest BCUT2D eigenvalue weighted by molar-refractivity contribution is -0.140. The number of hydrogen-bond acceptors (Lipinski definition) is 7. The molecule has 1 N–H and O–H groups in total. The average molecular weight is 429 g/mol. The van der Waals surface area contributed by atoms with E-state index in [1.807, 2.05) is 6.07 Å². The minimum Gasteiger partial charge on any atom is -0.507 e. The molecule has 0 aliphatic carbocycles. The molecule has 8 nitrogen and oxygen atoms in total. The van der Waals surface area contributed by atoms with Crippen molar-refractivity contribution in [3.05, 3.63) is 89.5 Å². The number of nitrogens with zero attached hydrogens (tertiary/aromatic N) is 3. The van der Waals surface area contributed by atoms with Crippen LogP contribution in [-0.4, -0.2) is 44.9 Å². The maximum atomic E-state index is 13.1. The highest BCUT2D eigenvalue weighted by molar-refractivity contribution is 6.46. The van der Waals surface area contributed by atoms with E-state index in [0.29, 0.717) is 35.8 Å². The zero-order valence-corrected chi connectivity index (χ0v) is 17.0. The quantitative estimate of drug-likeness (QED) is 0.387. The van der Waals surface area contributed by atoms with Gasteiger partial charge in [-0.15, -0.1) is 0 Å². The molecule has 2 aliphatic rings. The summed E-state index contributed by atoms with van der Waals surface area (Å²) in [7, 11) is 0. The summed E-state index contributed by atoms with van der Waals surface area (Å²) in [4.78, 5) is 35.7. The van der Waals surface area contributed by atoms with Gasteiger partial charge < -0.3 is 19.5 Å². The van der Waals surface area contributed by atoms with E-state index in [2.05, 4.69) is 9.97 Å². The highest BCUT2D eigenvalue weighted by atomic mass is 16.6. The molecule has 2 aliphatic heterocycles. The number of pyridine rings is 2. The number of carbonyl (C=O) groups excluding carboxylic acids is 2. The normalized spacial score (nSPS) is 19.2. The van der Waals surface area contributed by atoms with Crippen molar-refractivity contribution >= 4 is 17.4 Å². The summed E-state index contributed by atoms with van der Waals surface area (Å²) in [6.45, 7) is 1.01. The minimum absolute atomic E-state index is 0.0155. The average Bonchev–Trinajstić information content (AvgIpc) is 3.09. The molecular formula is C24H19N3O5. The smallest absolute Gasteiger partial charge is 0.295 e. The molecule has 1 saturated heterocycles. The SMILES string of the molecule is O=C1C(=O)N(Cc2cccnc2)[C@@H](c2ccncc2)C1=C(O)c1ccc2c(c1)OCCO2. The summed E-state index contributed by atoms with van der Waals surface area (Å²) in [6, 6.07) is 11.2. The van der Waals surface area contributed by atoms with Gasteiger partial charge in [0.2, 0.25) is 0 Å². The molecule has 0 saturated carbocycles. The highest BCUT2D eigenvalue weighted by Crippen LogP contribution is 2.41. The van der Waals surface area contributed by atoms with E-state index in [1.165, 1.54) is 4.90 Å². The van der Waals surface area contributed by atoms with Crippen molar-refractivity contribution in [3.63, 3.8) is 0 Å². The van der Waals surface area contributed by atoms with Gasteiger partial charge in [-0.05, 0) is 47.5 Å². The molecule has 160 valence electrons. The van der Waals surface area contributed by atoms with Crippen LogP contribution in [0.4, 0.5) is 0 Å². The van der Waals surface area contributed by atoms with Crippen molar-refractivity contribution in [2.45, 2.75) is 12.6 Å². The number of amides is 1. The van der Waals surface area contributed by atoms with Crippen LogP contribution in [0.25, 0.3) is 5.76 Å². The Morgan fingerprint density at radius 2 is 1.78 bits per heavy atom. The number of aliphatic hydroxyl groups excluding tert-OH is 1. The molecule has 1 amide bonds. The summed E-state index contributed by atoms with van der Waals surface area (Å²) in [6.07, 6.45) is 6.46. The molecule has 1 aromatic carbocycles. The molecule has 3 aromatic rings. The standard InChI is InChI=1S/C24H19N3O5/c28-22(17-3-4-18-19(12-17)32-11-10-31-18)20-21(16-5-8-25-9-6-16)27(24(30)23(20)29)14-15-2-1-7-26-13-15/h1-9,12-13,21,28H,10-11,14H2/t21-/m0/s1. The van der Waals surface area contributed by atoms with Gasteiger partial charge in [0.15, 0.2) is 11.5 Å². The zero-order chi connectivity index (χ0) is 22.1. The maximum absolute atomic E-state index is 13.1. The van der Waals surface area contributed by atoms with Gasteiger partial charge >= 0.3 is 0 Å². The van der Waals surface area contributed by atoms with Gasteiger partial charge in [0.1, 0.15) is 19.0 Å². The number of aliphatic hydroxyl groups is 1. The number of Topliss-reactive ketones (excluding diaryl/α,β-unsaturated/α-hetero) is 1. The molecule has 8 heteroatoms. The molecule has 0 unspecified atom stereocenters. The predicted molar refractivity (Wildman–Crippen MR) is 114 cm³/mol. The number of rotatable bonds is 4. The first kappa shape index (κ1) is 19.7. The number of fused-ring (bicyclic) bond motifs is 1. The summed E-state index contributed by atoms with van der Waals surface area (Å²) in [5.41, 5.74) is 1.82. The molecule has 4 heterocycles. The number of ketones is 1. The van der Waals surface area contributed by atoms with Crippen LogP contribution in [-0.2, 0) is 16.1 Å². The molecule has 5 rings (SSSR count). The van der Waals surface area contributed by atoms with Gasteiger partial charge in [-0.3, -0.25) is 19.6 Å². The Hall–Kier alpha value is -4.20.